The van der Waals surface area contributed by atoms with Gasteiger partial charge in [-0.1, -0.05) is 121 Å². The Labute approximate surface area is 285 Å². The molecular formula is C42H82ClN. The maximum atomic E-state index is 2.63. The summed E-state index contributed by atoms with van der Waals surface area (Å²) >= 11 is 0. The molecule has 3 fully saturated rings. The highest BCUT2D eigenvalue weighted by atomic mass is 35.5. The van der Waals surface area contributed by atoms with Crippen molar-refractivity contribution >= 4 is 0 Å². The zero-order valence-electron chi connectivity index (χ0n) is 31.9. The largest absolute Gasteiger partial charge is 1.00 e. The van der Waals surface area contributed by atoms with E-state index in [0.29, 0.717) is 0 Å². The van der Waals surface area contributed by atoms with Crippen LogP contribution in [-0.2, 0) is 0 Å². The fraction of sp³-hybridized carbons (Fsp3) is 1.00. The van der Waals surface area contributed by atoms with Crippen LogP contribution >= 0.6 is 0 Å². The Morgan fingerprint density at radius 2 is 0.750 bits per heavy atom. The van der Waals surface area contributed by atoms with E-state index in [1.807, 2.05) is 0 Å². The fourth-order valence-corrected chi connectivity index (χ4v) is 11.2. The van der Waals surface area contributed by atoms with E-state index in [-0.39, 0.29) is 12.4 Å². The Bertz CT molecular complexity index is 665. The molecule has 1 nitrogen and oxygen atoms in total. The number of hydrogen-bond donors (Lipinski definition) is 0. The fourth-order valence-electron chi connectivity index (χ4n) is 11.2. The maximum Gasteiger partial charge on any atom is 0.0928 e. The number of nitrogens with zero attached hydrogens (tertiary/aromatic N) is 1. The molecule has 0 aromatic carbocycles. The van der Waals surface area contributed by atoms with Crippen molar-refractivity contribution in [1.29, 1.82) is 0 Å². The third-order valence-corrected chi connectivity index (χ3v) is 13.7. The van der Waals surface area contributed by atoms with Gasteiger partial charge in [0.1, 0.15) is 0 Å². The van der Waals surface area contributed by atoms with Crippen molar-refractivity contribution < 1.29 is 16.9 Å². The molecule has 0 aliphatic heterocycles. The van der Waals surface area contributed by atoms with Crippen LogP contribution in [0.5, 0.6) is 0 Å². The van der Waals surface area contributed by atoms with Crippen LogP contribution in [0.25, 0.3) is 0 Å². The van der Waals surface area contributed by atoms with Crippen LogP contribution in [0.2, 0.25) is 0 Å². The van der Waals surface area contributed by atoms with Crippen LogP contribution in [0.15, 0.2) is 0 Å². The summed E-state index contributed by atoms with van der Waals surface area (Å²) in [6.07, 6.45) is 28.0. The molecule has 0 N–H and O–H groups in total. The number of rotatable bonds is 17. The molecule has 3 saturated carbocycles. The van der Waals surface area contributed by atoms with Crippen molar-refractivity contribution in [2.24, 2.45) is 53.3 Å². The van der Waals surface area contributed by atoms with Gasteiger partial charge in [-0.05, 0) is 86.9 Å². The van der Waals surface area contributed by atoms with Crippen molar-refractivity contribution in [2.75, 3.05) is 6.54 Å². The van der Waals surface area contributed by atoms with Gasteiger partial charge in [-0.3, -0.25) is 0 Å². The third-order valence-electron chi connectivity index (χ3n) is 13.7. The molecule has 0 bridgehead atoms. The minimum absolute atomic E-state index is 0. The Balaban J connectivity index is 0.00000675. The first kappa shape index (κ1) is 40.4. The molecular weight excluding hydrogens is 554 g/mol. The molecule has 262 valence electrons. The third kappa shape index (κ3) is 10.6. The van der Waals surface area contributed by atoms with Crippen LogP contribution in [0.1, 0.15) is 191 Å². The van der Waals surface area contributed by atoms with E-state index in [0.717, 1.165) is 71.4 Å². The molecule has 2 heteroatoms. The molecule has 0 aromatic heterocycles. The van der Waals surface area contributed by atoms with Gasteiger partial charge in [0.2, 0.25) is 0 Å². The minimum atomic E-state index is 0. The van der Waals surface area contributed by atoms with Gasteiger partial charge >= 0.3 is 0 Å². The van der Waals surface area contributed by atoms with Crippen molar-refractivity contribution in [3.63, 3.8) is 0 Å². The van der Waals surface area contributed by atoms with Crippen LogP contribution < -0.4 is 12.4 Å². The second kappa shape index (κ2) is 19.9. The molecule has 0 saturated heterocycles. The van der Waals surface area contributed by atoms with Crippen LogP contribution in [0.3, 0.4) is 0 Å². The lowest BCUT2D eigenvalue weighted by atomic mass is 9.63. The summed E-state index contributed by atoms with van der Waals surface area (Å²) in [6.45, 7) is 27.4. The van der Waals surface area contributed by atoms with Crippen LogP contribution in [-0.4, -0.2) is 29.2 Å². The van der Waals surface area contributed by atoms with Gasteiger partial charge in [0, 0.05) is 37.0 Å². The van der Waals surface area contributed by atoms with Crippen LogP contribution in [0, 0.1) is 53.3 Å². The standard InChI is InChI=1S/C42H82N.ClH/c1-11-12-13-14-15-16-17-18-19-20-27-43(40-28-34(8)21-24-37(40)31(2)3,41-29-35(9)22-25-38(41)32(4)5)42-30-36(10)23-26-39(42)33(6)7;/h31-42H,11-30H2,1-10H3;1H/q+1;/p-1. The average molecular weight is 637 g/mol. The van der Waals surface area contributed by atoms with E-state index >= 15 is 0 Å². The summed E-state index contributed by atoms with van der Waals surface area (Å²) < 4.78 is 1.56. The first-order valence-corrected chi connectivity index (χ1v) is 20.4. The van der Waals surface area contributed by atoms with Gasteiger partial charge < -0.3 is 16.9 Å². The molecule has 0 heterocycles. The van der Waals surface area contributed by atoms with Gasteiger partial charge in [0.15, 0.2) is 0 Å². The van der Waals surface area contributed by atoms with E-state index in [1.54, 1.807) is 4.48 Å². The Kier molecular flexibility index (Phi) is 18.3. The zero-order chi connectivity index (χ0) is 31.6. The second-order valence-electron chi connectivity index (χ2n) is 18.1. The molecule has 9 unspecified atom stereocenters. The molecule has 44 heavy (non-hydrogen) atoms. The summed E-state index contributed by atoms with van der Waals surface area (Å²) in [5, 5.41) is 0. The lowest BCUT2D eigenvalue weighted by Crippen LogP contribution is -3.00. The highest BCUT2D eigenvalue weighted by Crippen LogP contribution is 2.53. The monoisotopic (exact) mass is 636 g/mol. The molecule has 0 aromatic rings. The number of halogens is 1. The molecule has 3 rings (SSSR count). The smallest absolute Gasteiger partial charge is 0.0928 e. The maximum absolute atomic E-state index is 2.63. The van der Waals surface area contributed by atoms with Crippen molar-refractivity contribution in [1.82, 2.24) is 0 Å². The number of hydrogen-bond acceptors (Lipinski definition) is 0. The van der Waals surface area contributed by atoms with E-state index in [2.05, 4.69) is 69.2 Å². The summed E-state index contributed by atoms with van der Waals surface area (Å²) in [5.41, 5.74) is 0. The summed E-state index contributed by atoms with van der Waals surface area (Å²) in [4.78, 5) is 0. The highest BCUT2D eigenvalue weighted by Gasteiger charge is 2.59. The van der Waals surface area contributed by atoms with Gasteiger partial charge in [-0.25, -0.2) is 0 Å². The van der Waals surface area contributed by atoms with Gasteiger partial charge in [0.05, 0.1) is 24.7 Å². The number of quaternary nitrogens is 1. The Morgan fingerprint density at radius 3 is 1.05 bits per heavy atom. The van der Waals surface area contributed by atoms with E-state index < -0.39 is 0 Å². The SMILES string of the molecule is CCCCCCCCCCCC[N+](C1CC(C)CCC1C(C)C)(C1CC(C)CCC1C(C)C)C1CC(C)CCC1C(C)C.[Cl-]. The highest BCUT2D eigenvalue weighted by molar-refractivity contribution is 4.94. The minimum Gasteiger partial charge on any atom is -1.00 e. The van der Waals surface area contributed by atoms with Gasteiger partial charge in [0.25, 0.3) is 0 Å². The summed E-state index contributed by atoms with van der Waals surface area (Å²) in [5.74, 6) is 7.91. The lowest BCUT2D eigenvalue weighted by molar-refractivity contribution is -1.01. The summed E-state index contributed by atoms with van der Waals surface area (Å²) in [6, 6.07) is 2.65. The molecule has 0 radical (unpaired) electrons. The Morgan fingerprint density at radius 1 is 0.455 bits per heavy atom. The predicted molar refractivity (Wildman–Crippen MR) is 192 cm³/mol. The first-order chi connectivity index (χ1) is 20.5. The van der Waals surface area contributed by atoms with E-state index in [1.165, 1.54) is 129 Å². The molecule has 3 aliphatic carbocycles. The molecule has 3 aliphatic rings. The normalized spacial score (nSPS) is 34.7. The van der Waals surface area contributed by atoms with E-state index in [9.17, 15) is 0 Å². The summed E-state index contributed by atoms with van der Waals surface area (Å²) in [7, 11) is 0. The molecule has 0 spiro atoms. The average Bonchev–Trinajstić information content (AvgIpc) is 2.95. The van der Waals surface area contributed by atoms with Gasteiger partial charge in [-0.15, -0.1) is 0 Å². The van der Waals surface area contributed by atoms with Crippen molar-refractivity contribution in [2.45, 2.75) is 209 Å². The predicted octanol–water partition coefficient (Wildman–Crippen LogP) is 10.1. The number of unbranched alkanes of at least 4 members (excludes halogenated alkanes) is 9. The Hall–Kier alpha value is 0.250. The topological polar surface area (TPSA) is 0 Å². The second-order valence-corrected chi connectivity index (χ2v) is 18.1. The lowest BCUT2D eigenvalue weighted by Gasteiger charge is -2.64. The van der Waals surface area contributed by atoms with E-state index in [4.69, 9.17) is 0 Å². The molecule has 9 atom stereocenters. The zero-order valence-corrected chi connectivity index (χ0v) is 32.7. The van der Waals surface area contributed by atoms with Gasteiger partial charge in [-0.2, -0.15) is 0 Å². The molecule has 0 amide bonds. The van der Waals surface area contributed by atoms with Crippen molar-refractivity contribution in [3.8, 4) is 0 Å². The quantitative estimate of drug-likeness (QED) is 0.110. The van der Waals surface area contributed by atoms with Crippen molar-refractivity contribution in [3.05, 3.63) is 0 Å². The first-order valence-electron chi connectivity index (χ1n) is 20.4. The van der Waals surface area contributed by atoms with Crippen LogP contribution in [0.4, 0.5) is 0 Å².